The summed E-state index contributed by atoms with van der Waals surface area (Å²) in [6.45, 7) is 6.53. The van der Waals surface area contributed by atoms with Gasteiger partial charge in [-0.2, -0.15) is 0 Å². The van der Waals surface area contributed by atoms with Crippen LogP contribution < -0.4 is 14.8 Å². The molecule has 0 bridgehead atoms. The maximum atomic E-state index is 12.0. The molecule has 0 aliphatic heterocycles. The van der Waals surface area contributed by atoms with Gasteiger partial charge in [0, 0.05) is 13.1 Å². The van der Waals surface area contributed by atoms with Crippen molar-refractivity contribution >= 4 is 17.2 Å². The first-order chi connectivity index (χ1) is 17.5. The number of carbonyl (C=O) groups is 1. The first-order valence-corrected chi connectivity index (χ1v) is 12.7. The van der Waals surface area contributed by atoms with Crippen LogP contribution in [-0.2, 0) is 0 Å². The third kappa shape index (κ3) is 8.28. The van der Waals surface area contributed by atoms with E-state index >= 15 is 0 Å². The van der Waals surface area contributed by atoms with Crippen molar-refractivity contribution in [1.82, 2.24) is 10.2 Å². The highest BCUT2D eigenvalue weighted by atomic mass is 16.6. The van der Waals surface area contributed by atoms with Crippen molar-refractivity contribution in [2.75, 3.05) is 33.8 Å². The van der Waals surface area contributed by atoms with Crippen LogP contribution in [0.3, 0.4) is 0 Å². The van der Waals surface area contributed by atoms with E-state index in [0.29, 0.717) is 18.9 Å². The van der Waals surface area contributed by atoms with Gasteiger partial charge in [0.05, 0.1) is 6.61 Å². The second kappa shape index (κ2) is 14.1. The molecule has 0 aliphatic rings. The van der Waals surface area contributed by atoms with Crippen molar-refractivity contribution < 1.29 is 14.3 Å². The molecule has 0 radical (unpaired) electrons. The minimum Gasteiger partial charge on any atom is -0.494 e. The Balaban J connectivity index is 1.82. The Morgan fingerprint density at radius 2 is 1.42 bits per heavy atom. The van der Waals surface area contributed by atoms with Crippen LogP contribution in [0.2, 0.25) is 0 Å². The normalized spacial score (nSPS) is 11.7. The molecule has 36 heavy (non-hydrogen) atoms. The SMILES string of the molecule is CCCCNC(=O)Oc1ccc(/C(=C(\C)c2ccccc2)c2ccc(OCCCN(C)C)cc2)cc1. The van der Waals surface area contributed by atoms with Gasteiger partial charge in [-0.1, -0.05) is 67.9 Å². The van der Waals surface area contributed by atoms with Crippen LogP contribution in [0.1, 0.15) is 49.8 Å². The summed E-state index contributed by atoms with van der Waals surface area (Å²) in [5, 5.41) is 2.78. The van der Waals surface area contributed by atoms with E-state index in [1.54, 1.807) is 0 Å². The first kappa shape index (κ1) is 27.0. The largest absolute Gasteiger partial charge is 0.494 e. The molecule has 3 rings (SSSR count). The summed E-state index contributed by atoms with van der Waals surface area (Å²) in [5.74, 6) is 1.39. The van der Waals surface area contributed by atoms with E-state index in [1.807, 2.05) is 42.5 Å². The Labute approximate surface area is 215 Å². The summed E-state index contributed by atoms with van der Waals surface area (Å²) in [5.41, 5.74) is 5.60. The average Bonchev–Trinajstić information content (AvgIpc) is 2.89. The minimum atomic E-state index is -0.423. The van der Waals surface area contributed by atoms with Gasteiger partial charge < -0.3 is 19.7 Å². The summed E-state index contributed by atoms with van der Waals surface area (Å²) in [7, 11) is 4.14. The van der Waals surface area contributed by atoms with Gasteiger partial charge >= 0.3 is 6.09 Å². The van der Waals surface area contributed by atoms with E-state index in [-0.39, 0.29) is 0 Å². The monoisotopic (exact) mass is 486 g/mol. The highest BCUT2D eigenvalue weighted by Gasteiger charge is 2.12. The molecule has 5 heteroatoms. The zero-order valence-corrected chi connectivity index (χ0v) is 21.9. The predicted octanol–water partition coefficient (Wildman–Crippen LogP) is 6.88. The zero-order valence-electron chi connectivity index (χ0n) is 21.9. The number of rotatable bonds is 12. The summed E-state index contributed by atoms with van der Waals surface area (Å²) >= 11 is 0. The predicted molar refractivity (Wildman–Crippen MR) is 149 cm³/mol. The number of amides is 1. The van der Waals surface area contributed by atoms with Crippen LogP contribution in [0.5, 0.6) is 11.5 Å². The fourth-order valence-electron chi connectivity index (χ4n) is 3.92. The quantitative estimate of drug-likeness (QED) is 0.224. The van der Waals surface area contributed by atoms with Gasteiger partial charge in [0.25, 0.3) is 0 Å². The smallest absolute Gasteiger partial charge is 0.412 e. The lowest BCUT2D eigenvalue weighted by Crippen LogP contribution is -2.27. The summed E-state index contributed by atoms with van der Waals surface area (Å²) in [4.78, 5) is 14.2. The lowest BCUT2D eigenvalue weighted by atomic mass is 9.90. The second-order valence-electron chi connectivity index (χ2n) is 9.09. The molecule has 190 valence electrons. The number of nitrogens with zero attached hydrogens (tertiary/aromatic N) is 1. The summed E-state index contributed by atoms with van der Waals surface area (Å²) in [6.07, 6.45) is 2.52. The molecule has 5 nitrogen and oxygen atoms in total. The minimum absolute atomic E-state index is 0.423. The number of hydrogen-bond acceptors (Lipinski definition) is 4. The lowest BCUT2D eigenvalue weighted by Gasteiger charge is -2.16. The number of benzene rings is 3. The van der Waals surface area contributed by atoms with Crippen LogP contribution in [0.25, 0.3) is 11.1 Å². The van der Waals surface area contributed by atoms with Crippen molar-refractivity contribution in [3.8, 4) is 11.5 Å². The van der Waals surface area contributed by atoms with E-state index in [2.05, 4.69) is 74.6 Å². The molecular weight excluding hydrogens is 448 g/mol. The van der Waals surface area contributed by atoms with Gasteiger partial charge in [-0.25, -0.2) is 4.79 Å². The Kier molecular flexibility index (Phi) is 10.6. The van der Waals surface area contributed by atoms with Crippen LogP contribution >= 0.6 is 0 Å². The van der Waals surface area contributed by atoms with Crippen LogP contribution in [0.4, 0.5) is 4.79 Å². The number of carbonyl (C=O) groups excluding carboxylic acids is 1. The summed E-state index contributed by atoms with van der Waals surface area (Å²) in [6, 6.07) is 26.3. The van der Waals surface area contributed by atoms with Crippen molar-refractivity contribution in [2.24, 2.45) is 0 Å². The first-order valence-electron chi connectivity index (χ1n) is 12.7. The van der Waals surface area contributed by atoms with Crippen LogP contribution in [0.15, 0.2) is 78.9 Å². The van der Waals surface area contributed by atoms with Gasteiger partial charge in [0.15, 0.2) is 0 Å². The van der Waals surface area contributed by atoms with Crippen LogP contribution in [-0.4, -0.2) is 44.8 Å². The number of allylic oxidation sites excluding steroid dienone is 1. The second-order valence-corrected chi connectivity index (χ2v) is 9.09. The number of hydrogen-bond donors (Lipinski definition) is 1. The van der Waals surface area contributed by atoms with Crippen LogP contribution in [0, 0.1) is 0 Å². The maximum absolute atomic E-state index is 12.0. The average molecular weight is 487 g/mol. The van der Waals surface area contributed by atoms with Gasteiger partial charge in [0.2, 0.25) is 0 Å². The van der Waals surface area contributed by atoms with Gasteiger partial charge in [-0.05, 0) is 86.0 Å². The van der Waals surface area contributed by atoms with E-state index < -0.39 is 6.09 Å². The molecule has 0 spiro atoms. The third-order valence-electron chi connectivity index (χ3n) is 5.90. The molecule has 0 saturated heterocycles. The molecule has 1 amide bonds. The molecule has 0 aliphatic carbocycles. The van der Waals surface area contributed by atoms with Gasteiger partial charge in [-0.3, -0.25) is 0 Å². The van der Waals surface area contributed by atoms with E-state index in [0.717, 1.165) is 53.8 Å². The molecular formula is C31H38N2O3. The summed E-state index contributed by atoms with van der Waals surface area (Å²) < 4.78 is 11.4. The Hall–Kier alpha value is -3.57. The molecule has 3 aromatic rings. The molecule has 3 aromatic carbocycles. The highest BCUT2D eigenvalue weighted by molar-refractivity contribution is 5.98. The Bertz CT molecular complexity index is 1100. The topological polar surface area (TPSA) is 50.8 Å². The van der Waals surface area contributed by atoms with Crippen molar-refractivity contribution in [3.05, 3.63) is 95.6 Å². The maximum Gasteiger partial charge on any atom is 0.412 e. The van der Waals surface area contributed by atoms with Crippen molar-refractivity contribution in [3.63, 3.8) is 0 Å². The Morgan fingerprint density at radius 1 is 0.806 bits per heavy atom. The Morgan fingerprint density at radius 3 is 2.00 bits per heavy atom. The highest BCUT2D eigenvalue weighted by Crippen LogP contribution is 2.33. The lowest BCUT2D eigenvalue weighted by molar-refractivity contribution is 0.200. The van der Waals surface area contributed by atoms with Gasteiger partial charge in [-0.15, -0.1) is 0 Å². The molecule has 0 heterocycles. The fraction of sp³-hybridized carbons (Fsp3) is 0.323. The van der Waals surface area contributed by atoms with Crippen molar-refractivity contribution in [2.45, 2.75) is 33.1 Å². The molecule has 0 saturated carbocycles. The fourth-order valence-corrected chi connectivity index (χ4v) is 3.92. The number of ether oxygens (including phenoxy) is 2. The molecule has 1 N–H and O–H groups in total. The molecule has 0 aromatic heterocycles. The van der Waals surface area contributed by atoms with E-state index in [1.165, 1.54) is 5.57 Å². The van der Waals surface area contributed by atoms with E-state index in [9.17, 15) is 4.79 Å². The number of nitrogens with one attached hydrogen (secondary N) is 1. The third-order valence-corrected chi connectivity index (χ3v) is 5.90. The number of unbranched alkanes of at least 4 members (excludes halogenated alkanes) is 1. The molecule has 0 fully saturated rings. The van der Waals surface area contributed by atoms with E-state index in [4.69, 9.17) is 9.47 Å². The van der Waals surface area contributed by atoms with Gasteiger partial charge in [0.1, 0.15) is 11.5 Å². The molecule has 0 unspecified atom stereocenters. The van der Waals surface area contributed by atoms with Crippen molar-refractivity contribution in [1.29, 1.82) is 0 Å². The standard InChI is InChI=1S/C31H38N2O3/c1-5-6-21-32-31(34)36-29-19-15-27(16-20-29)30(24(2)25-11-8-7-9-12-25)26-13-17-28(18-14-26)35-23-10-22-33(3)4/h7-9,11-20H,5-6,10,21-23H2,1-4H3,(H,32,34)/b30-24+. The zero-order chi connectivity index (χ0) is 25.8. The molecule has 0 atom stereocenters.